The Morgan fingerprint density at radius 2 is 2.21 bits per heavy atom. The molecule has 0 fully saturated rings. The van der Waals surface area contributed by atoms with Crippen LogP contribution in [0.25, 0.3) is 11.2 Å². The van der Waals surface area contributed by atoms with Crippen molar-refractivity contribution in [2.75, 3.05) is 23.9 Å². The number of ether oxygens (including phenoxy) is 1. The molecule has 134 valence electrons. The first kappa shape index (κ1) is 18.6. The number of imidazole rings is 1. The number of rotatable bonds is 9. The summed E-state index contributed by atoms with van der Waals surface area (Å²) in [4.78, 5) is 30.4. The van der Waals surface area contributed by atoms with Gasteiger partial charge in [0.15, 0.2) is 17.0 Å². The van der Waals surface area contributed by atoms with E-state index in [9.17, 15) is 4.57 Å². The largest absolute Gasteiger partial charge is 0.368 e. The summed E-state index contributed by atoms with van der Waals surface area (Å²) in [7, 11) is -4.19. The minimum absolute atomic E-state index is 0.132. The Balaban J connectivity index is 2.15. The Morgan fingerprint density at radius 1 is 1.46 bits per heavy atom. The molecule has 24 heavy (non-hydrogen) atoms. The predicted molar refractivity (Wildman–Crippen MR) is 90.6 cm³/mol. The van der Waals surface area contributed by atoms with Crippen LogP contribution in [0.15, 0.2) is 6.33 Å². The molecule has 0 aromatic carbocycles. The van der Waals surface area contributed by atoms with Crippen LogP contribution in [-0.4, -0.2) is 48.3 Å². The first-order chi connectivity index (χ1) is 11.3. The molecule has 2 aromatic rings. The summed E-state index contributed by atoms with van der Waals surface area (Å²) in [6.45, 7) is 4.91. The molecule has 2 rings (SSSR count). The van der Waals surface area contributed by atoms with Gasteiger partial charge in [-0.25, -0.2) is 4.98 Å². The molecule has 0 bridgehead atoms. The minimum atomic E-state index is -4.19. The van der Waals surface area contributed by atoms with E-state index in [1.54, 1.807) is 17.8 Å². The molecular formula is C13H23N6O4P. The summed E-state index contributed by atoms with van der Waals surface area (Å²) in [6, 6.07) is 0. The van der Waals surface area contributed by atoms with Gasteiger partial charge in [0, 0.05) is 6.54 Å². The fourth-order valence-corrected chi connectivity index (χ4v) is 2.60. The molecule has 11 heteroatoms. The van der Waals surface area contributed by atoms with Gasteiger partial charge in [-0.1, -0.05) is 13.3 Å². The van der Waals surface area contributed by atoms with Gasteiger partial charge >= 0.3 is 7.60 Å². The minimum Gasteiger partial charge on any atom is -0.368 e. The van der Waals surface area contributed by atoms with Crippen molar-refractivity contribution in [3.63, 3.8) is 0 Å². The number of hydrogen-bond acceptors (Lipinski definition) is 7. The van der Waals surface area contributed by atoms with Crippen LogP contribution < -0.4 is 11.1 Å². The normalized spacial score (nSPS) is 13.3. The van der Waals surface area contributed by atoms with E-state index in [0.717, 1.165) is 19.4 Å². The fourth-order valence-electron chi connectivity index (χ4n) is 2.16. The maximum atomic E-state index is 10.9. The third-order valence-electron chi connectivity index (χ3n) is 3.28. The van der Waals surface area contributed by atoms with Crippen LogP contribution in [0.3, 0.4) is 0 Å². The Kier molecular flexibility index (Phi) is 6.11. The number of aromatic nitrogens is 4. The van der Waals surface area contributed by atoms with Crippen molar-refractivity contribution >= 4 is 30.5 Å². The molecule has 0 saturated heterocycles. The first-order valence-electron chi connectivity index (χ1n) is 7.68. The van der Waals surface area contributed by atoms with Gasteiger partial charge in [0.2, 0.25) is 5.95 Å². The number of nitrogens with zero attached hydrogens (tertiary/aromatic N) is 4. The van der Waals surface area contributed by atoms with Crippen molar-refractivity contribution in [3.8, 4) is 0 Å². The SMILES string of the molecule is CCCCNc1nc(N)nc2c1ncn2C[C@@H](C)OCP(=O)(O)O. The number of fused-ring (bicyclic) bond motifs is 1. The highest BCUT2D eigenvalue weighted by atomic mass is 31.2. The van der Waals surface area contributed by atoms with E-state index in [-0.39, 0.29) is 5.95 Å². The second-order valence-corrected chi connectivity index (χ2v) is 7.14. The molecule has 0 radical (unpaired) electrons. The monoisotopic (exact) mass is 358 g/mol. The molecule has 0 saturated carbocycles. The molecule has 0 amide bonds. The fraction of sp³-hybridized carbons (Fsp3) is 0.615. The molecule has 0 aliphatic rings. The van der Waals surface area contributed by atoms with Crippen LogP contribution in [0.5, 0.6) is 0 Å². The summed E-state index contributed by atoms with van der Waals surface area (Å²) in [5.41, 5.74) is 6.91. The summed E-state index contributed by atoms with van der Waals surface area (Å²) < 4.78 is 17.8. The van der Waals surface area contributed by atoms with Gasteiger partial charge in [-0.15, -0.1) is 0 Å². The zero-order valence-electron chi connectivity index (χ0n) is 13.7. The molecular weight excluding hydrogens is 335 g/mol. The van der Waals surface area contributed by atoms with E-state index in [2.05, 4.69) is 27.2 Å². The average Bonchev–Trinajstić information content (AvgIpc) is 2.88. The molecule has 0 aliphatic heterocycles. The van der Waals surface area contributed by atoms with Crippen molar-refractivity contribution in [2.45, 2.75) is 39.3 Å². The van der Waals surface area contributed by atoms with E-state index < -0.39 is 20.0 Å². The highest BCUT2D eigenvalue weighted by Crippen LogP contribution is 2.34. The van der Waals surface area contributed by atoms with Crippen LogP contribution in [0, 0.1) is 0 Å². The Hall–Kier alpha value is -1.74. The molecule has 5 N–H and O–H groups in total. The van der Waals surface area contributed by atoms with Crippen molar-refractivity contribution in [2.24, 2.45) is 0 Å². The van der Waals surface area contributed by atoms with Crippen molar-refractivity contribution < 1.29 is 19.1 Å². The Labute approximate surface area is 139 Å². The molecule has 2 heterocycles. The van der Waals surface area contributed by atoms with Gasteiger partial charge in [-0.2, -0.15) is 9.97 Å². The Morgan fingerprint density at radius 3 is 2.88 bits per heavy atom. The molecule has 0 unspecified atom stereocenters. The van der Waals surface area contributed by atoms with Crippen LogP contribution >= 0.6 is 7.60 Å². The highest BCUT2D eigenvalue weighted by Gasteiger charge is 2.17. The standard InChI is InChI=1S/C13H23N6O4P/c1-3-4-5-15-11-10-12(18-13(14)17-11)19(7-16-10)6-9(2)23-8-24(20,21)22/h7,9H,3-6,8H2,1-2H3,(H2,20,21,22)(H3,14,15,17,18)/t9-/m1/s1. The molecule has 0 spiro atoms. The zero-order chi connectivity index (χ0) is 17.7. The lowest BCUT2D eigenvalue weighted by atomic mass is 10.3. The van der Waals surface area contributed by atoms with Crippen molar-refractivity contribution in [3.05, 3.63) is 6.33 Å². The Bertz CT molecular complexity index is 731. The smallest absolute Gasteiger partial charge is 0.350 e. The summed E-state index contributed by atoms with van der Waals surface area (Å²) in [5.74, 6) is 0.709. The quantitative estimate of drug-likeness (QED) is 0.382. The number of nitrogens with two attached hydrogens (primary N) is 1. The number of hydrogen-bond donors (Lipinski definition) is 4. The third kappa shape index (κ3) is 5.13. The van der Waals surface area contributed by atoms with Crippen molar-refractivity contribution in [1.29, 1.82) is 0 Å². The van der Waals surface area contributed by atoms with Gasteiger partial charge in [-0.05, 0) is 13.3 Å². The lowest BCUT2D eigenvalue weighted by molar-refractivity contribution is 0.0764. The predicted octanol–water partition coefficient (Wildman–Crippen LogP) is 1.16. The average molecular weight is 358 g/mol. The van der Waals surface area contributed by atoms with Gasteiger partial charge < -0.3 is 30.1 Å². The van der Waals surface area contributed by atoms with Gasteiger partial charge in [0.1, 0.15) is 6.35 Å². The van der Waals surface area contributed by atoms with E-state index in [1.165, 1.54) is 0 Å². The topological polar surface area (TPSA) is 148 Å². The van der Waals surface area contributed by atoms with Crippen LogP contribution in [0.2, 0.25) is 0 Å². The van der Waals surface area contributed by atoms with Gasteiger partial charge in [0.05, 0.1) is 19.0 Å². The summed E-state index contributed by atoms with van der Waals surface area (Å²) in [5, 5.41) is 3.20. The number of anilines is 2. The first-order valence-corrected chi connectivity index (χ1v) is 9.48. The molecule has 2 aromatic heterocycles. The van der Waals surface area contributed by atoms with E-state index in [0.29, 0.717) is 23.5 Å². The van der Waals surface area contributed by atoms with Gasteiger partial charge in [0.25, 0.3) is 0 Å². The second kappa shape index (κ2) is 7.89. The maximum Gasteiger partial charge on any atom is 0.350 e. The van der Waals surface area contributed by atoms with E-state index in [4.69, 9.17) is 20.3 Å². The summed E-state index contributed by atoms with van der Waals surface area (Å²) >= 11 is 0. The molecule has 1 atom stereocenters. The zero-order valence-corrected chi connectivity index (χ0v) is 14.6. The lowest BCUT2D eigenvalue weighted by Crippen LogP contribution is -2.17. The summed E-state index contributed by atoms with van der Waals surface area (Å²) in [6.07, 6.45) is 2.59. The van der Waals surface area contributed by atoms with Crippen LogP contribution in [0.4, 0.5) is 11.8 Å². The van der Waals surface area contributed by atoms with Gasteiger partial charge in [-0.3, -0.25) is 4.57 Å². The van der Waals surface area contributed by atoms with E-state index in [1.807, 2.05) is 0 Å². The number of nitrogens with one attached hydrogen (secondary N) is 1. The highest BCUT2D eigenvalue weighted by molar-refractivity contribution is 7.51. The third-order valence-corrected chi connectivity index (χ3v) is 3.77. The second-order valence-electron chi connectivity index (χ2n) is 5.55. The molecule has 10 nitrogen and oxygen atoms in total. The van der Waals surface area contributed by atoms with Crippen LogP contribution in [0.1, 0.15) is 26.7 Å². The molecule has 0 aliphatic carbocycles. The van der Waals surface area contributed by atoms with Crippen LogP contribution in [-0.2, 0) is 15.8 Å². The maximum absolute atomic E-state index is 10.9. The van der Waals surface area contributed by atoms with E-state index >= 15 is 0 Å². The number of unbranched alkanes of at least 4 members (excludes halogenated alkanes) is 1. The van der Waals surface area contributed by atoms with Crippen molar-refractivity contribution in [1.82, 2.24) is 19.5 Å². The number of nitrogen functional groups attached to an aromatic ring is 1. The lowest BCUT2D eigenvalue weighted by Gasteiger charge is -2.14.